The van der Waals surface area contributed by atoms with Crippen molar-refractivity contribution >= 4 is 22.5 Å². The van der Waals surface area contributed by atoms with Gasteiger partial charge in [-0.25, -0.2) is 0 Å². The van der Waals surface area contributed by atoms with Crippen LogP contribution >= 0.6 is 0 Å². The summed E-state index contributed by atoms with van der Waals surface area (Å²) in [6, 6.07) is 15.3. The summed E-state index contributed by atoms with van der Waals surface area (Å²) >= 11 is 0. The largest absolute Gasteiger partial charge is 0.486 e. The lowest BCUT2D eigenvalue weighted by atomic mass is 10.1. The van der Waals surface area contributed by atoms with Gasteiger partial charge in [0.2, 0.25) is 0 Å². The van der Waals surface area contributed by atoms with Gasteiger partial charge in [0.25, 0.3) is 5.91 Å². The van der Waals surface area contributed by atoms with E-state index in [9.17, 15) is 4.79 Å². The van der Waals surface area contributed by atoms with Crippen LogP contribution in [0, 0.1) is 0 Å². The monoisotopic (exact) mass is 374 g/mol. The third-order valence-electron chi connectivity index (χ3n) is 4.68. The summed E-state index contributed by atoms with van der Waals surface area (Å²) in [6.07, 6.45) is 4.99. The third-order valence-corrected chi connectivity index (χ3v) is 4.68. The molecule has 28 heavy (non-hydrogen) atoms. The molecule has 2 aromatic heterocycles. The average molecular weight is 374 g/mol. The van der Waals surface area contributed by atoms with Crippen LogP contribution in [0.5, 0.6) is 11.5 Å². The molecule has 4 aromatic rings. The van der Waals surface area contributed by atoms with Gasteiger partial charge in [0.15, 0.2) is 17.6 Å². The molecule has 0 spiro atoms. The maximum absolute atomic E-state index is 12.6. The van der Waals surface area contributed by atoms with E-state index in [1.54, 1.807) is 23.3 Å². The minimum absolute atomic E-state index is 0.146. The first-order valence-corrected chi connectivity index (χ1v) is 9.05. The molecule has 5 rings (SSSR count). The third kappa shape index (κ3) is 3.07. The molecule has 2 N–H and O–H groups in total. The van der Waals surface area contributed by atoms with E-state index in [1.165, 1.54) is 0 Å². The molecule has 1 atom stereocenters. The Labute approximate surface area is 160 Å². The van der Waals surface area contributed by atoms with Gasteiger partial charge in [-0.05, 0) is 18.2 Å². The lowest BCUT2D eigenvalue weighted by Crippen LogP contribution is -2.33. The molecule has 0 radical (unpaired) electrons. The number of carbonyl (C=O) groups is 1. The number of hydrogen-bond donors (Lipinski definition) is 2. The second-order valence-electron chi connectivity index (χ2n) is 6.65. The fourth-order valence-electron chi connectivity index (χ4n) is 3.35. The van der Waals surface area contributed by atoms with E-state index in [-0.39, 0.29) is 12.0 Å². The summed E-state index contributed by atoms with van der Waals surface area (Å²) in [5, 5.41) is 8.10. The highest BCUT2D eigenvalue weighted by atomic mass is 16.6. The normalized spacial score (nSPS) is 15.5. The number of nitrogens with zero attached hydrogens (tertiary/aromatic N) is 2. The topological polar surface area (TPSA) is 81.2 Å². The van der Waals surface area contributed by atoms with Crippen molar-refractivity contribution in [3.05, 3.63) is 72.7 Å². The fourth-order valence-corrected chi connectivity index (χ4v) is 3.35. The molecule has 0 unspecified atom stereocenters. The van der Waals surface area contributed by atoms with E-state index in [2.05, 4.69) is 15.4 Å². The number of rotatable bonds is 4. The Balaban J connectivity index is 1.26. The number of H-pyrrole nitrogens is 1. The highest BCUT2D eigenvalue weighted by Crippen LogP contribution is 2.31. The molecule has 0 aliphatic carbocycles. The number of nitrogens with one attached hydrogen (secondary N) is 2. The maximum Gasteiger partial charge on any atom is 0.257 e. The molecule has 7 nitrogen and oxygen atoms in total. The zero-order valence-corrected chi connectivity index (χ0v) is 15.0. The summed E-state index contributed by atoms with van der Waals surface area (Å²) in [5.41, 5.74) is 2.16. The Morgan fingerprint density at radius 3 is 2.93 bits per heavy atom. The Morgan fingerprint density at radius 1 is 1.18 bits per heavy atom. The molecule has 1 aliphatic rings. The Kier molecular flexibility index (Phi) is 3.97. The summed E-state index contributed by atoms with van der Waals surface area (Å²) in [5.74, 6) is 1.31. The molecule has 3 heterocycles. The minimum atomic E-state index is -0.178. The zero-order valence-electron chi connectivity index (χ0n) is 15.0. The molecular weight excluding hydrogens is 356 g/mol. The summed E-state index contributed by atoms with van der Waals surface area (Å²) in [4.78, 5) is 15.7. The number of fused-ring (bicyclic) bond motifs is 2. The highest BCUT2D eigenvalue weighted by Gasteiger charge is 2.21. The van der Waals surface area contributed by atoms with E-state index in [0.29, 0.717) is 24.4 Å². The number of hydrogen-bond acceptors (Lipinski definition) is 4. The summed E-state index contributed by atoms with van der Waals surface area (Å²) < 4.78 is 13.4. The molecule has 1 amide bonds. The Morgan fingerprint density at radius 2 is 2.00 bits per heavy atom. The van der Waals surface area contributed by atoms with E-state index < -0.39 is 0 Å². The number of amides is 1. The van der Waals surface area contributed by atoms with Crippen LogP contribution < -0.4 is 14.8 Å². The van der Waals surface area contributed by atoms with Gasteiger partial charge in [-0.15, -0.1) is 0 Å². The van der Waals surface area contributed by atoms with Crippen molar-refractivity contribution in [2.24, 2.45) is 0 Å². The lowest BCUT2D eigenvalue weighted by molar-refractivity contribution is 0.0759. The Hall–Kier alpha value is -3.74. The van der Waals surface area contributed by atoms with E-state index in [1.807, 2.05) is 48.5 Å². The standard InChI is InChI=1S/C21H18N4O3/c26-21(17-10-22-18-6-2-1-5-16(17)18)24-14-9-23-25(11-14)12-15-13-27-19-7-3-4-8-20(19)28-15/h1-11,15,22H,12-13H2,(H,24,26)/t15-/m0/s1. The first-order chi connectivity index (χ1) is 13.8. The van der Waals surface area contributed by atoms with Crippen LogP contribution in [0.1, 0.15) is 10.4 Å². The van der Waals surface area contributed by atoms with Crippen LogP contribution in [0.4, 0.5) is 5.69 Å². The second kappa shape index (κ2) is 6.77. The smallest absolute Gasteiger partial charge is 0.257 e. The van der Waals surface area contributed by atoms with E-state index >= 15 is 0 Å². The average Bonchev–Trinajstić information content (AvgIpc) is 3.34. The van der Waals surface area contributed by atoms with Gasteiger partial charge in [-0.2, -0.15) is 5.10 Å². The molecule has 1 aliphatic heterocycles. The predicted molar refractivity (Wildman–Crippen MR) is 105 cm³/mol. The van der Waals surface area contributed by atoms with E-state index in [0.717, 1.165) is 22.4 Å². The second-order valence-corrected chi connectivity index (χ2v) is 6.65. The van der Waals surface area contributed by atoms with E-state index in [4.69, 9.17) is 9.47 Å². The van der Waals surface area contributed by atoms with Gasteiger partial charge < -0.3 is 19.8 Å². The SMILES string of the molecule is O=C(Nc1cnn(C[C@H]2COc3ccccc3O2)c1)c1c[nH]c2ccccc12. The molecule has 2 aromatic carbocycles. The van der Waals surface area contributed by atoms with Crippen molar-refractivity contribution < 1.29 is 14.3 Å². The van der Waals surface area contributed by atoms with Crippen molar-refractivity contribution in [3.8, 4) is 11.5 Å². The molecule has 0 saturated heterocycles. The van der Waals surface area contributed by atoms with Gasteiger partial charge in [0.05, 0.1) is 24.0 Å². The van der Waals surface area contributed by atoms with Crippen molar-refractivity contribution in [1.29, 1.82) is 0 Å². The van der Waals surface area contributed by atoms with Crippen LogP contribution in [-0.2, 0) is 6.54 Å². The number of benzene rings is 2. The van der Waals surface area contributed by atoms with Gasteiger partial charge in [0, 0.05) is 23.3 Å². The number of aromatic amines is 1. The maximum atomic E-state index is 12.6. The number of carbonyl (C=O) groups excluding carboxylic acids is 1. The summed E-state index contributed by atoms with van der Waals surface area (Å²) in [6.45, 7) is 0.977. The number of anilines is 1. The van der Waals surface area contributed by atoms with Gasteiger partial charge in [-0.3, -0.25) is 9.48 Å². The van der Waals surface area contributed by atoms with Crippen molar-refractivity contribution in [2.45, 2.75) is 12.6 Å². The first-order valence-electron chi connectivity index (χ1n) is 9.05. The van der Waals surface area contributed by atoms with Crippen LogP contribution in [0.3, 0.4) is 0 Å². The Bertz CT molecular complexity index is 1150. The molecule has 140 valence electrons. The molecule has 0 fully saturated rings. The van der Waals surface area contributed by atoms with Crippen molar-refractivity contribution in [2.75, 3.05) is 11.9 Å². The minimum Gasteiger partial charge on any atom is -0.486 e. The van der Waals surface area contributed by atoms with Gasteiger partial charge in [-0.1, -0.05) is 30.3 Å². The van der Waals surface area contributed by atoms with Crippen LogP contribution in [0.2, 0.25) is 0 Å². The molecule has 0 bridgehead atoms. The van der Waals surface area contributed by atoms with Crippen LogP contribution in [-0.4, -0.2) is 33.4 Å². The van der Waals surface area contributed by atoms with Crippen molar-refractivity contribution in [3.63, 3.8) is 0 Å². The quantitative estimate of drug-likeness (QED) is 0.573. The lowest BCUT2D eigenvalue weighted by Gasteiger charge is -2.26. The molecular formula is C21H18N4O3. The van der Waals surface area contributed by atoms with Crippen LogP contribution in [0.25, 0.3) is 10.9 Å². The van der Waals surface area contributed by atoms with Gasteiger partial charge in [0.1, 0.15) is 6.61 Å². The number of ether oxygens (including phenoxy) is 2. The predicted octanol–water partition coefficient (Wildman–Crippen LogP) is 3.46. The highest BCUT2D eigenvalue weighted by molar-refractivity contribution is 6.12. The summed E-state index contributed by atoms with van der Waals surface area (Å²) in [7, 11) is 0. The van der Waals surface area contributed by atoms with Gasteiger partial charge >= 0.3 is 0 Å². The number of aromatic nitrogens is 3. The first kappa shape index (κ1) is 16.4. The molecule has 7 heteroatoms. The number of para-hydroxylation sites is 3. The fraction of sp³-hybridized carbons (Fsp3) is 0.143. The zero-order chi connectivity index (χ0) is 18.9. The van der Waals surface area contributed by atoms with Crippen LogP contribution in [0.15, 0.2) is 67.1 Å². The molecule has 0 saturated carbocycles. The van der Waals surface area contributed by atoms with Crippen molar-refractivity contribution in [1.82, 2.24) is 14.8 Å².